The monoisotopic (exact) mass is 410 g/mol. The number of rotatable bonds is 2. The van der Waals surface area contributed by atoms with E-state index in [-0.39, 0.29) is 0 Å². The molecule has 0 radical (unpaired) electrons. The maximum Gasteiger partial charge on any atom is 0.519 e. The zero-order valence-electron chi connectivity index (χ0n) is 17.2. The Kier molecular flexibility index (Phi) is 3.97. The number of carbonyl (C=O) groups excluding carboxylic acids is 1. The topological polar surface area (TPSA) is 55.8 Å². The van der Waals surface area contributed by atoms with Gasteiger partial charge < -0.3 is 14.6 Å². The number of aromatic hydroxyl groups is 1. The second-order valence-electron chi connectivity index (χ2n) is 8.69. The van der Waals surface area contributed by atoms with Crippen molar-refractivity contribution in [3.8, 4) is 17.2 Å². The van der Waals surface area contributed by atoms with E-state index in [1.807, 2.05) is 61.5 Å². The van der Waals surface area contributed by atoms with Crippen molar-refractivity contribution in [2.45, 2.75) is 38.0 Å². The van der Waals surface area contributed by atoms with Gasteiger partial charge in [-0.1, -0.05) is 54.1 Å². The normalized spacial score (nSPS) is 19.0. The molecule has 0 saturated heterocycles. The van der Waals surface area contributed by atoms with Gasteiger partial charge in [0.05, 0.1) is 0 Å². The van der Waals surface area contributed by atoms with Crippen LogP contribution >= 0.6 is 0 Å². The zero-order chi connectivity index (χ0) is 21.1. The molecule has 2 bridgehead atoms. The van der Waals surface area contributed by atoms with Gasteiger partial charge in [0.25, 0.3) is 0 Å². The highest BCUT2D eigenvalue weighted by Crippen LogP contribution is 2.60. The van der Waals surface area contributed by atoms with E-state index in [1.54, 1.807) is 6.07 Å². The van der Waals surface area contributed by atoms with Crippen molar-refractivity contribution in [3.63, 3.8) is 0 Å². The van der Waals surface area contributed by atoms with E-state index in [0.717, 1.165) is 57.5 Å². The molecule has 4 aromatic carbocycles. The van der Waals surface area contributed by atoms with Crippen molar-refractivity contribution in [1.82, 2.24) is 0 Å². The van der Waals surface area contributed by atoms with Crippen LogP contribution in [0.3, 0.4) is 0 Å². The van der Waals surface area contributed by atoms with E-state index < -0.39 is 6.16 Å². The fourth-order valence-corrected chi connectivity index (χ4v) is 5.51. The van der Waals surface area contributed by atoms with Gasteiger partial charge in [-0.15, -0.1) is 0 Å². The highest BCUT2D eigenvalue weighted by Gasteiger charge is 2.42. The predicted molar refractivity (Wildman–Crippen MR) is 120 cm³/mol. The van der Waals surface area contributed by atoms with Crippen molar-refractivity contribution in [2.75, 3.05) is 0 Å². The Labute approximate surface area is 180 Å². The molecule has 0 amide bonds. The molecule has 0 aromatic heterocycles. The number of phenols is 1. The standard InChI is InChI=1S/C27H22O4/c1-15-9-12-20-21(13-15)26(24-18-11-10-17(14-18)23(24)25(20)28)31-27(29)30-22-8-4-6-16-5-2-3-7-19(16)22/h2-9,12-13,17-18,28H,10-11,14H2,1H3. The van der Waals surface area contributed by atoms with Crippen LogP contribution in [0.2, 0.25) is 0 Å². The molecule has 1 N–H and O–H groups in total. The van der Waals surface area contributed by atoms with Gasteiger partial charge in [0.2, 0.25) is 0 Å². The lowest BCUT2D eigenvalue weighted by Crippen LogP contribution is -2.16. The minimum Gasteiger partial charge on any atom is -0.507 e. The van der Waals surface area contributed by atoms with Crippen LogP contribution in [0.1, 0.15) is 47.8 Å². The van der Waals surface area contributed by atoms with E-state index in [2.05, 4.69) is 0 Å². The molecule has 4 aromatic rings. The van der Waals surface area contributed by atoms with Crippen LogP contribution in [0.5, 0.6) is 17.2 Å². The summed E-state index contributed by atoms with van der Waals surface area (Å²) in [5.41, 5.74) is 2.99. The highest BCUT2D eigenvalue weighted by atomic mass is 16.7. The molecule has 1 saturated carbocycles. The van der Waals surface area contributed by atoms with Crippen molar-refractivity contribution in [2.24, 2.45) is 0 Å². The number of hydrogen-bond acceptors (Lipinski definition) is 4. The van der Waals surface area contributed by atoms with Gasteiger partial charge in [-0.25, -0.2) is 4.79 Å². The summed E-state index contributed by atoms with van der Waals surface area (Å²) in [6.07, 6.45) is 2.38. The van der Waals surface area contributed by atoms with Gasteiger partial charge in [-0.2, -0.15) is 0 Å². The third kappa shape index (κ3) is 2.78. The molecule has 0 spiro atoms. The molecule has 1 fully saturated rings. The largest absolute Gasteiger partial charge is 0.519 e. The quantitative estimate of drug-likeness (QED) is 0.287. The van der Waals surface area contributed by atoms with Gasteiger partial charge in [0.15, 0.2) is 0 Å². The molecule has 6 rings (SSSR count). The van der Waals surface area contributed by atoms with Crippen molar-refractivity contribution >= 4 is 27.7 Å². The number of carbonyl (C=O) groups is 1. The maximum atomic E-state index is 12.9. The molecular weight excluding hydrogens is 388 g/mol. The number of aryl methyl sites for hydroxylation is 1. The molecule has 2 aliphatic carbocycles. The van der Waals surface area contributed by atoms with Crippen molar-refractivity contribution in [1.29, 1.82) is 0 Å². The van der Waals surface area contributed by atoms with Crippen LogP contribution in [0.15, 0.2) is 60.7 Å². The molecule has 4 heteroatoms. The van der Waals surface area contributed by atoms with Crippen LogP contribution in [-0.4, -0.2) is 11.3 Å². The summed E-state index contributed by atoms with van der Waals surface area (Å²) >= 11 is 0. The smallest absolute Gasteiger partial charge is 0.507 e. The van der Waals surface area contributed by atoms with Gasteiger partial charge in [0, 0.05) is 27.3 Å². The third-order valence-electron chi connectivity index (χ3n) is 6.84. The first kappa shape index (κ1) is 18.3. The second-order valence-corrected chi connectivity index (χ2v) is 8.69. The third-order valence-corrected chi connectivity index (χ3v) is 6.84. The fraction of sp³-hybridized carbons (Fsp3) is 0.222. The number of fused-ring (bicyclic) bond motifs is 7. The molecule has 154 valence electrons. The van der Waals surface area contributed by atoms with Crippen LogP contribution < -0.4 is 9.47 Å². The number of benzene rings is 4. The predicted octanol–water partition coefficient (Wildman–Crippen LogP) is 6.95. The Bertz CT molecular complexity index is 1370. The van der Waals surface area contributed by atoms with Crippen molar-refractivity contribution in [3.05, 3.63) is 77.4 Å². The van der Waals surface area contributed by atoms with Crippen LogP contribution in [0.4, 0.5) is 4.79 Å². The Balaban J connectivity index is 1.45. The Hall–Kier alpha value is -3.53. The molecular formula is C27H22O4. The fourth-order valence-electron chi connectivity index (χ4n) is 5.51. The number of ether oxygens (including phenoxy) is 2. The van der Waals surface area contributed by atoms with Crippen LogP contribution in [0.25, 0.3) is 21.5 Å². The average Bonchev–Trinajstić information content (AvgIpc) is 3.39. The lowest BCUT2D eigenvalue weighted by atomic mass is 9.87. The second kappa shape index (κ2) is 6.74. The van der Waals surface area contributed by atoms with Crippen LogP contribution in [0, 0.1) is 6.92 Å². The zero-order valence-corrected chi connectivity index (χ0v) is 17.2. The number of phenolic OH excluding ortho intramolecular Hbond substituents is 1. The summed E-state index contributed by atoms with van der Waals surface area (Å²) in [7, 11) is 0. The Morgan fingerprint density at radius 1 is 0.871 bits per heavy atom. The maximum absolute atomic E-state index is 12.9. The first-order valence-electron chi connectivity index (χ1n) is 10.8. The molecule has 2 aliphatic rings. The minimum atomic E-state index is -0.755. The average molecular weight is 410 g/mol. The number of hydrogen-bond donors (Lipinski definition) is 1. The van der Waals surface area contributed by atoms with E-state index in [4.69, 9.17) is 9.47 Å². The van der Waals surface area contributed by atoms with Crippen molar-refractivity contribution < 1.29 is 19.4 Å². The van der Waals surface area contributed by atoms with E-state index >= 15 is 0 Å². The van der Waals surface area contributed by atoms with E-state index in [0.29, 0.717) is 29.1 Å². The minimum absolute atomic E-state index is 0.316. The Morgan fingerprint density at radius 2 is 1.65 bits per heavy atom. The van der Waals surface area contributed by atoms with Gasteiger partial charge in [0.1, 0.15) is 17.2 Å². The van der Waals surface area contributed by atoms with Gasteiger partial charge in [-0.3, -0.25) is 0 Å². The first-order chi connectivity index (χ1) is 15.1. The van der Waals surface area contributed by atoms with Crippen LogP contribution in [-0.2, 0) is 0 Å². The molecule has 0 heterocycles. The lowest BCUT2D eigenvalue weighted by molar-refractivity contribution is 0.152. The highest BCUT2D eigenvalue weighted by molar-refractivity contribution is 5.98. The molecule has 4 nitrogen and oxygen atoms in total. The summed E-state index contributed by atoms with van der Waals surface area (Å²) in [6.45, 7) is 1.99. The summed E-state index contributed by atoms with van der Waals surface area (Å²) in [5.74, 6) is 2.01. The summed E-state index contributed by atoms with van der Waals surface area (Å²) in [6, 6.07) is 19.2. The SMILES string of the molecule is Cc1ccc2c(O)c3c(c(OC(=O)Oc4cccc5ccccc45)c2c1)C1CCC3C1. The molecule has 0 aliphatic heterocycles. The first-order valence-corrected chi connectivity index (χ1v) is 10.8. The summed E-state index contributed by atoms with van der Waals surface area (Å²) in [5, 5.41) is 14.4. The van der Waals surface area contributed by atoms with Gasteiger partial charge in [-0.05, 0) is 55.5 Å². The Morgan fingerprint density at radius 3 is 2.52 bits per heavy atom. The summed E-state index contributed by atoms with van der Waals surface area (Å²) in [4.78, 5) is 12.9. The summed E-state index contributed by atoms with van der Waals surface area (Å²) < 4.78 is 11.6. The molecule has 2 unspecified atom stereocenters. The molecule has 2 atom stereocenters. The molecule has 31 heavy (non-hydrogen) atoms. The van der Waals surface area contributed by atoms with E-state index in [1.165, 1.54) is 0 Å². The van der Waals surface area contributed by atoms with Gasteiger partial charge >= 0.3 is 6.16 Å². The van der Waals surface area contributed by atoms with E-state index in [9.17, 15) is 9.90 Å². The lowest BCUT2D eigenvalue weighted by Gasteiger charge is -2.22.